The van der Waals surface area contributed by atoms with Crippen LogP contribution in [0.2, 0.25) is 0 Å². The Balaban J connectivity index is 1.68. The maximum atomic E-state index is 13.8. The van der Waals surface area contributed by atoms with Gasteiger partial charge in [0.2, 0.25) is 0 Å². The van der Waals surface area contributed by atoms with Gasteiger partial charge < -0.3 is 24.6 Å². The number of nitrogens with one attached hydrogen (secondary N) is 1. The summed E-state index contributed by atoms with van der Waals surface area (Å²) < 4.78 is 17.1. The van der Waals surface area contributed by atoms with E-state index in [2.05, 4.69) is 17.1 Å². The Hall–Kier alpha value is -2.16. The molecule has 1 aliphatic heterocycles. The van der Waals surface area contributed by atoms with Gasteiger partial charge >= 0.3 is 11.9 Å². The van der Waals surface area contributed by atoms with Crippen molar-refractivity contribution in [1.82, 2.24) is 4.90 Å². The highest BCUT2D eigenvalue weighted by atomic mass is 16.5. The van der Waals surface area contributed by atoms with Gasteiger partial charge in [-0.05, 0) is 80.9 Å². The van der Waals surface area contributed by atoms with E-state index in [1.54, 1.807) is 54.7 Å². The van der Waals surface area contributed by atoms with Crippen LogP contribution < -0.4 is 10.1 Å². The lowest BCUT2D eigenvalue weighted by Crippen LogP contribution is -2.59. The maximum absolute atomic E-state index is 13.8. The van der Waals surface area contributed by atoms with Crippen LogP contribution in [0.3, 0.4) is 0 Å². The molecule has 0 aromatic heterocycles. The zero-order chi connectivity index (χ0) is 30.6. The van der Waals surface area contributed by atoms with E-state index in [4.69, 9.17) is 14.2 Å². The van der Waals surface area contributed by atoms with Gasteiger partial charge in [-0.2, -0.15) is 0 Å². The third-order valence-electron chi connectivity index (χ3n) is 9.48. The molecule has 0 amide bonds. The van der Waals surface area contributed by atoms with Crippen LogP contribution in [-0.4, -0.2) is 73.0 Å². The summed E-state index contributed by atoms with van der Waals surface area (Å²) in [4.78, 5) is 29.2. The Labute approximate surface area is 247 Å². The van der Waals surface area contributed by atoms with Gasteiger partial charge in [0, 0.05) is 31.8 Å². The van der Waals surface area contributed by atoms with Crippen molar-refractivity contribution in [1.29, 1.82) is 0 Å². The molecule has 1 heterocycles. The smallest absolute Gasteiger partial charge is 0.330 e. The molecule has 1 aromatic rings. The Morgan fingerprint density at radius 3 is 2.10 bits per heavy atom. The Kier molecular flexibility index (Phi) is 10.6. The molecule has 2 N–H and O–H groups in total. The van der Waals surface area contributed by atoms with Crippen LogP contribution in [0.5, 0.6) is 5.75 Å². The van der Waals surface area contributed by atoms with Gasteiger partial charge in [-0.15, -0.1) is 0 Å². The van der Waals surface area contributed by atoms with E-state index in [-0.39, 0.29) is 11.6 Å². The van der Waals surface area contributed by atoms with E-state index in [0.29, 0.717) is 25.1 Å². The predicted octanol–water partition coefficient (Wildman–Crippen LogP) is 6.30. The fourth-order valence-corrected chi connectivity index (χ4v) is 7.27. The maximum Gasteiger partial charge on any atom is 0.330 e. The minimum Gasteiger partial charge on any atom is -0.480 e. The van der Waals surface area contributed by atoms with Gasteiger partial charge in [0.15, 0.2) is 11.2 Å². The number of esters is 1. The molecule has 1 saturated heterocycles. The number of anilines is 1. The van der Waals surface area contributed by atoms with E-state index in [9.17, 15) is 14.7 Å². The first-order valence-electron chi connectivity index (χ1n) is 15.2. The predicted molar refractivity (Wildman–Crippen MR) is 162 cm³/mol. The lowest BCUT2D eigenvalue weighted by molar-refractivity contribution is -0.184. The number of carboxylic acid groups (broad SMARTS) is 1. The van der Waals surface area contributed by atoms with Crippen LogP contribution in [0.4, 0.5) is 5.69 Å². The third-order valence-corrected chi connectivity index (χ3v) is 9.48. The fourth-order valence-electron chi connectivity index (χ4n) is 7.27. The molecule has 3 rings (SSSR count). The second-order valence-electron chi connectivity index (χ2n) is 14.4. The SMILES string of the molecule is COCCOC1CCC(C)(N2CCC(Nc3cc(C)ccc3OC(=O)C(C(=O)O)(C(C)(C)C)C(C)(C)C)CC2)CC1. The van der Waals surface area contributed by atoms with E-state index < -0.39 is 28.2 Å². The average Bonchev–Trinajstić information content (AvgIpc) is 2.86. The number of benzene rings is 1. The highest BCUT2D eigenvalue weighted by Crippen LogP contribution is 2.53. The molecule has 0 atom stereocenters. The summed E-state index contributed by atoms with van der Waals surface area (Å²) in [5.74, 6) is -1.53. The lowest BCUT2D eigenvalue weighted by Gasteiger charge is -2.48. The molecule has 0 spiro atoms. The summed E-state index contributed by atoms with van der Waals surface area (Å²) in [6.07, 6.45) is 6.72. The molecule has 41 heavy (non-hydrogen) atoms. The number of aliphatic carboxylic acids is 1. The Morgan fingerprint density at radius 2 is 1.59 bits per heavy atom. The molecule has 1 saturated carbocycles. The molecule has 0 bridgehead atoms. The molecule has 232 valence electrons. The lowest BCUT2D eigenvalue weighted by atomic mass is 9.54. The molecule has 2 fully saturated rings. The summed E-state index contributed by atoms with van der Waals surface area (Å²) in [5.41, 5.74) is -1.51. The number of hydrogen-bond acceptors (Lipinski definition) is 7. The molecular weight excluding hydrogens is 520 g/mol. The van der Waals surface area contributed by atoms with Crippen molar-refractivity contribution in [2.75, 3.05) is 38.7 Å². The van der Waals surface area contributed by atoms with Crippen LogP contribution in [0.15, 0.2) is 18.2 Å². The first-order chi connectivity index (χ1) is 19.0. The normalized spacial score (nSPS) is 23.3. The molecule has 8 nitrogen and oxygen atoms in total. The van der Waals surface area contributed by atoms with Gasteiger partial charge in [0.05, 0.1) is 25.0 Å². The standard InChI is InChI=1S/C33H54N2O6/c1-23-10-11-27(41-29(38)33(28(36)37,30(2,3)4)31(5,6)7)26(22-23)34-24-14-18-35(19-15-24)32(8)16-12-25(13-17-32)40-21-20-39-9/h10-11,22,24-25,34H,12-21H2,1-9H3,(H,36,37). The van der Waals surface area contributed by atoms with Crippen molar-refractivity contribution in [3.63, 3.8) is 0 Å². The minimum absolute atomic E-state index is 0.191. The third kappa shape index (κ3) is 7.26. The van der Waals surface area contributed by atoms with Crippen LogP contribution in [0.25, 0.3) is 0 Å². The van der Waals surface area contributed by atoms with Crippen molar-refractivity contribution in [3.05, 3.63) is 23.8 Å². The largest absolute Gasteiger partial charge is 0.480 e. The van der Waals surface area contributed by atoms with Crippen molar-refractivity contribution < 1.29 is 28.9 Å². The van der Waals surface area contributed by atoms with Crippen molar-refractivity contribution in [2.45, 2.75) is 112 Å². The van der Waals surface area contributed by atoms with E-state index in [1.807, 2.05) is 19.1 Å². The van der Waals surface area contributed by atoms with E-state index in [1.165, 1.54) is 0 Å². The topological polar surface area (TPSA) is 97.3 Å². The van der Waals surface area contributed by atoms with Crippen molar-refractivity contribution in [2.24, 2.45) is 16.2 Å². The summed E-state index contributed by atoms with van der Waals surface area (Å²) in [5, 5.41) is 14.0. The number of carbonyl (C=O) groups excluding carboxylic acids is 1. The molecule has 8 heteroatoms. The van der Waals surface area contributed by atoms with Crippen molar-refractivity contribution in [3.8, 4) is 5.75 Å². The summed E-state index contributed by atoms with van der Waals surface area (Å²) >= 11 is 0. The fraction of sp³-hybridized carbons (Fsp3) is 0.758. The zero-order valence-corrected chi connectivity index (χ0v) is 26.9. The van der Waals surface area contributed by atoms with Gasteiger partial charge in [-0.3, -0.25) is 14.5 Å². The Bertz CT molecular complexity index is 1030. The number of nitrogens with zero attached hydrogens (tertiary/aromatic N) is 1. The second-order valence-corrected chi connectivity index (χ2v) is 14.4. The number of ether oxygens (including phenoxy) is 3. The van der Waals surface area contributed by atoms with E-state index >= 15 is 0 Å². The molecule has 1 aliphatic carbocycles. The molecular formula is C33H54N2O6. The average molecular weight is 575 g/mol. The van der Waals surface area contributed by atoms with Crippen LogP contribution in [-0.2, 0) is 19.1 Å². The van der Waals surface area contributed by atoms with Gasteiger partial charge in [-0.1, -0.05) is 47.6 Å². The highest BCUT2D eigenvalue weighted by molar-refractivity contribution is 6.02. The van der Waals surface area contributed by atoms with Gasteiger partial charge in [-0.25, -0.2) is 0 Å². The summed E-state index contributed by atoms with van der Waals surface area (Å²) in [6.45, 7) is 18.4. The summed E-state index contributed by atoms with van der Waals surface area (Å²) in [7, 11) is 1.70. The number of methoxy groups -OCH3 is 1. The highest BCUT2D eigenvalue weighted by Gasteiger charge is 2.63. The number of piperidine rings is 1. The van der Waals surface area contributed by atoms with E-state index in [0.717, 1.165) is 62.9 Å². The monoisotopic (exact) mass is 574 g/mol. The quantitative estimate of drug-likeness (QED) is 0.145. The van der Waals surface area contributed by atoms with Crippen LogP contribution in [0, 0.1) is 23.2 Å². The zero-order valence-electron chi connectivity index (χ0n) is 26.9. The molecule has 2 aliphatic rings. The minimum atomic E-state index is -1.74. The number of rotatable bonds is 10. The second kappa shape index (κ2) is 13.0. The van der Waals surface area contributed by atoms with Crippen LogP contribution >= 0.6 is 0 Å². The molecule has 0 radical (unpaired) electrons. The summed E-state index contributed by atoms with van der Waals surface area (Å²) in [6, 6.07) is 5.88. The van der Waals surface area contributed by atoms with Gasteiger partial charge in [0.25, 0.3) is 0 Å². The van der Waals surface area contributed by atoms with Gasteiger partial charge in [0.1, 0.15) is 0 Å². The van der Waals surface area contributed by atoms with Crippen molar-refractivity contribution >= 4 is 17.6 Å². The number of aryl methyl sites for hydroxylation is 1. The first-order valence-corrected chi connectivity index (χ1v) is 15.2. The Morgan fingerprint density at radius 1 is 1.00 bits per heavy atom. The molecule has 1 aromatic carbocycles. The number of likely N-dealkylation sites (tertiary alicyclic amines) is 1. The number of carboxylic acids is 1. The number of hydrogen-bond donors (Lipinski definition) is 2. The first kappa shape index (κ1) is 33.3. The number of carbonyl (C=O) groups is 2. The van der Waals surface area contributed by atoms with Crippen LogP contribution in [0.1, 0.15) is 92.6 Å². The molecule has 0 unspecified atom stereocenters.